The van der Waals surface area contributed by atoms with Crippen LogP contribution < -0.4 is 15.8 Å². The number of hydrogen-bond acceptors (Lipinski definition) is 4. The number of amides is 1. The molecule has 0 heterocycles. The maximum absolute atomic E-state index is 11.9. The smallest absolute Gasteiger partial charge is 0.409 e. The van der Waals surface area contributed by atoms with Gasteiger partial charge in [-0.3, -0.25) is 4.79 Å². The highest BCUT2D eigenvalue weighted by Gasteiger charge is 2.30. The second kappa shape index (κ2) is 5.25. The summed E-state index contributed by atoms with van der Waals surface area (Å²) in [6, 6.07) is 4.36. The van der Waals surface area contributed by atoms with Crippen molar-refractivity contribution in [2.24, 2.45) is 10.9 Å². The van der Waals surface area contributed by atoms with Crippen LogP contribution in [0.4, 0.5) is 18.9 Å². The topological polar surface area (TPSA) is 96.9 Å². The second-order valence-electron chi connectivity index (χ2n) is 3.01. The largest absolute Gasteiger partial charge is 0.573 e. The van der Waals surface area contributed by atoms with Crippen LogP contribution in [0, 0.1) is 0 Å². The Kier molecular flexibility index (Phi) is 3.97. The Morgan fingerprint density at radius 1 is 1.33 bits per heavy atom. The van der Waals surface area contributed by atoms with E-state index in [4.69, 9.17) is 10.9 Å². The quantitative estimate of drug-likeness (QED) is 0.324. The van der Waals surface area contributed by atoms with E-state index in [1.165, 1.54) is 12.1 Å². The van der Waals surface area contributed by atoms with Gasteiger partial charge in [0.1, 0.15) is 5.75 Å². The first-order chi connectivity index (χ1) is 8.31. The molecule has 4 N–H and O–H groups in total. The number of amidine groups is 1. The first-order valence-electron chi connectivity index (χ1n) is 4.46. The van der Waals surface area contributed by atoms with Crippen molar-refractivity contribution >= 4 is 17.4 Å². The van der Waals surface area contributed by atoms with Crippen LogP contribution in [0.15, 0.2) is 29.4 Å². The van der Waals surface area contributed by atoms with Crippen molar-refractivity contribution in [3.05, 3.63) is 24.3 Å². The van der Waals surface area contributed by atoms with Crippen LogP contribution in [0.3, 0.4) is 0 Å². The van der Waals surface area contributed by atoms with Crippen LogP contribution in [0.25, 0.3) is 0 Å². The minimum Gasteiger partial charge on any atom is -0.409 e. The molecule has 0 bridgehead atoms. The molecule has 9 heteroatoms. The molecule has 6 nitrogen and oxygen atoms in total. The lowest BCUT2D eigenvalue weighted by Gasteiger charge is -2.09. The average molecular weight is 263 g/mol. The molecular weight excluding hydrogens is 255 g/mol. The van der Waals surface area contributed by atoms with Crippen molar-refractivity contribution in [2.75, 3.05) is 5.32 Å². The molecular formula is C9H8F3N3O3. The molecule has 0 aliphatic heterocycles. The van der Waals surface area contributed by atoms with E-state index < -0.39 is 23.9 Å². The summed E-state index contributed by atoms with van der Waals surface area (Å²) in [6.07, 6.45) is -4.78. The summed E-state index contributed by atoms with van der Waals surface area (Å²) < 4.78 is 39.2. The average Bonchev–Trinajstić information content (AvgIpc) is 2.28. The third kappa shape index (κ3) is 4.20. The van der Waals surface area contributed by atoms with Crippen molar-refractivity contribution in [1.29, 1.82) is 0 Å². The van der Waals surface area contributed by atoms with Gasteiger partial charge in [0.2, 0.25) is 5.84 Å². The van der Waals surface area contributed by atoms with Crippen LogP contribution in [-0.2, 0) is 4.79 Å². The number of carbonyl (C=O) groups excluding carboxylic acids is 1. The molecule has 0 saturated heterocycles. The highest BCUT2D eigenvalue weighted by atomic mass is 19.4. The lowest BCUT2D eigenvalue weighted by Crippen LogP contribution is -2.30. The third-order valence-corrected chi connectivity index (χ3v) is 1.69. The number of alkyl halides is 3. The Labute approximate surface area is 98.8 Å². The van der Waals surface area contributed by atoms with Gasteiger partial charge >= 0.3 is 6.36 Å². The minimum absolute atomic E-state index is 0.168. The van der Waals surface area contributed by atoms with Gasteiger partial charge in [0.05, 0.1) is 0 Å². The monoisotopic (exact) mass is 263 g/mol. The zero-order valence-electron chi connectivity index (χ0n) is 8.73. The van der Waals surface area contributed by atoms with Gasteiger partial charge in [-0.1, -0.05) is 5.16 Å². The fraction of sp³-hybridized carbons (Fsp3) is 0.111. The van der Waals surface area contributed by atoms with E-state index in [0.717, 1.165) is 12.1 Å². The van der Waals surface area contributed by atoms with Crippen molar-refractivity contribution in [2.45, 2.75) is 6.36 Å². The molecule has 0 fully saturated rings. The highest BCUT2D eigenvalue weighted by molar-refractivity contribution is 6.41. The zero-order chi connectivity index (χ0) is 13.8. The number of anilines is 1. The Hall–Kier alpha value is -2.45. The van der Waals surface area contributed by atoms with Gasteiger partial charge in [0.15, 0.2) is 0 Å². The van der Waals surface area contributed by atoms with Crippen LogP contribution >= 0.6 is 0 Å². The predicted octanol–water partition coefficient (Wildman–Crippen LogP) is 1.27. The summed E-state index contributed by atoms with van der Waals surface area (Å²) >= 11 is 0. The summed E-state index contributed by atoms with van der Waals surface area (Å²) in [6.45, 7) is 0. The van der Waals surface area contributed by atoms with E-state index in [-0.39, 0.29) is 5.69 Å². The van der Waals surface area contributed by atoms with Crippen LogP contribution in [0.5, 0.6) is 5.75 Å². The Morgan fingerprint density at radius 2 is 1.89 bits per heavy atom. The van der Waals surface area contributed by atoms with Crippen LogP contribution in [0.1, 0.15) is 0 Å². The summed E-state index contributed by atoms with van der Waals surface area (Å²) in [5.41, 5.74) is 5.16. The maximum Gasteiger partial charge on any atom is 0.573 e. The molecule has 0 aromatic heterocycles. The summed E-state index contributed by atoms with van der Waals surface area (Å²) in [5.74, 6) is -1.99. The molecule has 0 aliphatic carbocycles. The fourth-order valence-corrected chi connectivity index (χ4v) is 0.980. The van der Waals surface area contributed by atoms with Gasteiger partial charge in [-0.15, -0.1) is 13.2 Å². The van der Waals surface area contributed by atoms with E-state index in [1.54, 1.807) is 0 Å². The summed E-state index contributed by atoms with van der Waals surface area (Å²) in [5, 5.41) is 12.9. The standard InChI is InChI=1S/C9H8F3N3O3/c10-9(11,12)18-6-3-1-5(2-4-6)14-8(16)7(13)15-17/h1-4,17H,(H2,13,15)(H,14,16). The Balaban J connectivity index is 2.69. The summed E-state index contributed by atoms with van der Waals surface area (Å²) in [4.78, 5) is 11.1. The van der Waals surface area contributed by atoms with Crippen molar-refractivity contribution < 1.29 is 27.9 Å². The molecule has 0 saturated carbocycles. The number of benzene rings is 1. The minimum atomic E-state index is -4.78. The fourth-order valence-electron chi connectivity index (χ4n) is 0.980. The normalized spacial score (nSPS) is 12.1. The number of oxime groups is 1. The number of nitrogens with zero attached hydrogens (tertiary/aromatic N) is 1. The number of carbonyl (C=O) groups is 1. The molecule has 1 aromatic rings. The van der Waals surface area contributed by atoms with Crippen LogP contribution in [-0.4, -0.2) is 23.3 Å². The SMILES string of the molecule is N/C(=N/O)C(=O)Nc1ccc(OC(F)(F)F)cc1. The predicted molar refractivity (Wildman–Crippen MR) is 55.2 cm³/mol. The molecule has 18 heavy (non-hydrogen) atoms. The van der Waals surface area contributed by atoms with Gasteiger partial charge in [-0.25, -0.2) is 0 Å². The molecule has 1 rings (SSSR count). The number of ether oxygens (including phenoxy) is 1. The lowest BCUT2D eigenvalue weighted by molar-refractivity contribution is -0.274. The van der Waals surface area contributed by atoms with Gasteiger partial charge < -0.3 is 21.0 Å². The van der Waals surface area contributed by atoms with E-state index in [2.05, 4.69) is 15.2 Å². The lowest BCUT2D eigenvalue weighted by atomic mass is 10.3. The van der Waals surface area contributed by atoms with Gasteiger partial charge in [-0.05, 0) is 24.3 Å². The number of nitrogens with one attached hydrogen (secondary N) is 1. The summed E-state index contributed by atoms with van der Waals surface area (Å²) in [7, 11) is 0. The van der Waals surface area contributed by atoms with Crippen molar-refractivity contribution in [3.8, 4) is 5.75 Å². The molecule has 98 valence electrons. The second-order valence-corrected chi connectivity index (χ2v) is 3.01. The molecule has 0 radical (unpaired) electrons. The van der Waals surface area contributed by atoms with E-state index in [0.29, 0.717) is 0 Å². The van der Waals surface area contributed by atoms with E-state index >= 15 is 0 Å². The molecule has 0 atom stereocenters. The molecule has 0 aliphatic rings. The number of halogens is 3. The molecule has 1 aromatic carbocycles. The Morgan fingerprint density at radius 3 is 2.33 bits per heavy atom. The van der Waals surface area contributed by atoms with Crippen LogP contribution in [0.2, 0.25) is 0 Å². The number of nitrogens with two attached hydrogens (primary N) is 1. The number of hydrogen-bond donors (Lipinski definition) is 3. The first-order valence-corrected chi connectivity index (χ1v) is 4.46. The number of rotatable bonds is 2. The molecule has 1 amide bonds. The van der Waals surface area contributed by atoms with Crippen molar-refractivity contribution in [3.63, 3.8) is 0 Å². The maximum atomic E-state index is 11.9. The van der Waals surface area contributed by atoms with Gasteiger partial charge in [0.25, 0.3) is 5.91 Å². The van der Waals surface area contributed by atoms with E-state index in [9.17, 15) is 18.0 Å². The highest BCUT2D eigenvalue weighted by Crippen LogP contribution is 2.23. The van der Waals surface area contributed by atoms with Gasteiger partial charge in [0, 0.05) is 5.69 Å². The first kappa shape index (κ1) is 13.6. The van der Waals surface area contributed by atoms with Crippen molar-refractivity contribution in [1.82, 2.24) is 0 Å². The van der Waals surface area contributed by atoms with Gasteiger partial charge in [-0.2, -0.15) is 0 Å². The molecule has 0 unspecified atom stereocenters. The molecule has 0 spiro atoms. The zero-order valence-corrected chi connectivity index (χ0v) is 8.73. The third-order valence-electron chi connectivity index (χ3n) is 1.69. The van der Waals surface area contributed by atoms with E-state index in [1.807, 2.05) is 0 Å². The Bertz CT molecular complexity index is 456.